The Labute approximate surface area is 260 Å². The number of hydrogen-bond donors (Lipinski definition) is 3. The average Bonchev–Trinajstić information content (AvgIpc) is 2.79. The van der Waals surface area contributed by atoms with Gasteiger partial charge < -0.3 is 35.0 Å². The second kappa shape index (κ2) is 29.3. The van der Waals surface area contributed by atoms with Gasteiger partial charge in [0.25, 0.3) is 0 Å². The molecule has 0 aromatic rings. The summed E-state index contributed by atoms with van der Waals surface area (Å²) in [6.07, 6.45) is 10.2. The first kappa shape index (κ1) is 41.8. The molecule has 0 saturated carbocycles. The van der Waals surface area contributed by atoms with Gasteiger partial charge in [-0.25, -0.2) is 0 Å². The van der Waals surface area contributed by atoms with Crippen LogP contribution >= 0.6 is 0 Å². The molecule has 0 bridgehead atoms. The van der Waals surface area contributed by atoms with Crippen molar-refractivity contribution in [3.63, 3.8) is 0 Å². The van der Waals surface area contributed by atoms with Crippen LogP contribution in [0.2, 0.25) is 0 Å². The molecule has 0 unspecified atom stereocenters. The zero-order valence-electron chi connectivity index (χ0n) is 23.2. The minimum atomic E-state index is -1.02. The van der Waals surface area contributed by atoms with E-state index in [1.54, 1.807) is 0 Å². The number of unbranched alkanes of at least 4 members (excludes halogenated alkanes) is 8. The maximum Gasteiger partial charge on any atom is 1.00 e. The van der Waals surface area contributed by atoms with Gasteiger partial charge in [0.1, 0.15) is 0 Å². The number of carboxylic acid groups (broad SMARTS) is 4. The molecular formula is C26H47FeN2NaO8. The van der Waals surface area contributed by atoms with Crippen molar-refractivity contribution in [1.82, 2.24) is 9.80 Å². The molecule has 0 radical (unpaired) electrons. The summed E-state index contributed by atoms with van der Waals surface area (Å²) in [4.78, 5) is 47.5. The van der Waals surface area contributed by atoms with Crippen LogP contribution in [0.4, 0.5) is 0 Å². The molecular weight excluding hydrogens is 547 g/mol. The van der Waals surface area contributed by atoms with E-state index in [-0.39, 0.29) is 72.3 Å². The number of carboxylic acids is 4. The van der Waals surface area contributed by atoms with Gasteiger partial charge in [0.05, 0.1) is 0 Å². The van der Waals surface area contributed by atoms with Crippen LogP contribution in [0.5, 0.6) is 0 Å². The van der Waals surface area contributed by atoms with Crippen LogP contribution in [0, 0.1) is 0 Å². The van der Waals surface area contributed by atoms with E-state index in [1.807, 2.05) is 0 Å². The monoisotopic (exact) mass is 594 g/mol. The van der Waals surface area contributed by atoms with Crippen LogP contribution < -0.4 is 34.7 Å². The Kier molecular flexibility index (Phi) is 32.2. The van der Waals surface area contributed by atoms with Crippen LogP contribution in [0.25, 0.3) is 0 Å². The molecule has 218 valence electrons. The van der Waals surface area contributed by atoms with E-state index < -0.39 is 23.9 Å². The third-order valence-corrected chi connectivity index (χ3v) is 6.18. The Balaban J connectivity index is -0.00000612. The summed E-state index contributed by atoms with van der Waals surface area (Å²) >= 11 is 0. The Morgan fingerprint density at radius 3 is 0.947 bits per heavy atom. The molecule has 0 aromatic heterocycles. The minimum Gasteiger partial charge on any atom is -0.550 e. The topological polar surface area (TPSA) is 159 Å². The van der Waals surface area contributed by atoms with E-state index in [9.17, 15) is 24.3 Å². The fraction of sp³-hybridized carbons (Fsp3) is 0.846. The second-order valence-corrected chi connectivity index (χ2v) is 9.48. The van der Waals surface area contributed by atoms with Crippen LogP contribution in [-0.4, -0.2) is 88.3 Å². The van der Waals surface area contributed by atoms with E-state index in [1.165, 1.54) is 0 Å². The second-order valence-electron chi connectivity index (χ2n) is 9.48. The van der Waals surface area contributed by atoms with Crippen molar-refractivity contribution in [3.05, 3.63) is 0 Å². The number of carbonyl (C=O) groups is 4. The quantitative estimate of drug-likeness (QED) is 0.0862. The summed E-state index contributed by atoms with van der Waals surface area (Å²) in [5.41, 5.74) is 0. The van der Waals surface area contributed by atoms with Gasteiger partial charge in [-0.15, -0.1) is 0 Å². The predicted octanol–water partition coefficient (Wildman–Crippen LogP) is -0.163. The molecule has 0 saturated heterocycles. The molecule has 0 amide bonds. The Morgan fingerprint density at radius 2 is 0.711 bits per heavy atom. The van der Waals surface area contributed by atoms with Crippen LogP contribution in [0.3, 0.4) is 0 Å². The predicted molar refractivity (Wildman–Crippen MR) is 135 cm³/mol. The summed E-state index contributed by atoms with van der Waals surface area (Å²) < 4.78 is 0. The maximum atomic E-state index is 10.7. The minimum absolute atomic E-state index is 0. The van der Waals surface area contributed by atoms with Gasteiger partial charge in [0.2, 0.25) is 0 Å². The van der Waals surface area contributed by atoms with Gasteiger partial charge in [-0.2, -0.15) is 0 Å². The molecule has 10 nitrogen and oxygen atoms in total. The fourth-order valence-electron chi connectivity index (χ4n) is 4.10. The summed E-state index contributed by atoms with van der Waals surface area (Å²) in [5, 5.41) is 37.1. The Morgan fingerprint density at radius 1 is 0.447 bits per heavy atom. The Hall–Kier alpha value is -0.681. The molecule has 0 aliphatic rings. The fourth-order valence-corrected chi connectivity index (χ4v) is 4.10. The van der Waals surface area contributed by atoms with Crippen LogP contribution in [0.1, 0.15) is 103 Å². The van der Waals surface area contributed by atoms with Crippen molar-refractivity contribution in [2.45, 2.75) is 103 Å². The summed E-state index contributed by atoms with van der Waals surface area (Å²) in [6, 6.07) is 0. The molecule has 12 heteroatoms. The van der Waals surface area contributed by atoms with Gasteiger partial charge in [-0.3, -0.25) is 14.4 Å². The standard InChI is InChI=1S/C26H48N2O8.Fe.Na/c29-23(30)13-5-1-9-17-27(18-10-2-6-14-24(31)32)21-22-28(19-11-3-7-15-25(33)34)20-12-4-8-16-26(35)36;;/h1-22H2,(H,29,30)(H,31,32)(H,33,34)(H,35,36);;/q;;+1/p-1. The van der Waals surface area contributed by atoms with E-state index in [4.69, 9.17) is 15.3 Å². The maximum absolute atomic E-state index is 10.7. The van der Waals surface area contributed by atoms with Gasteiger partial charge in [-0.05, 0) is 84.0 Å². The summed E-state index contributed by atoms with van der Waals surface area (Å²) in [6.45, 7) is 5.17. The van der Waals surface area contributed by atoms with Crippen LogP contribution in [-0.2, 0) is 36.2 Å². The van der Waals surface area contributed by atoms with Gasteiger partial charge >= 0.3 is 47.5 Å². The number of hydrogen-bond acceptors (Lipinski definition) is 7. The zero-order chi connectivity index (χ0) is 27.0. The van der Waals surface area contributed by atoms with Gasteiger partial charge in [0.15, 0.2) is 0 Å². The van der Waals surface area contributed by atoms with Crippen LogP contribution in [0.15, 0.2) is 0 Å². The van der Waals surface area contributed by atoms with Gasteiger partial charge in [0, 0.05) is 55.4 Å². The molecule has 38 heavy (non-hydrogen) atoms. The third kappa shape index (κ3) is 31.5. The number of nitrogens with zero attached hydrogens (tertiary/aromatic N) is 2. The molecule has 3 N–H and O–H groups in total. The Bertz CT molecular complexity index is 528. The molecule has 0 atom stereocenters. The summed E-state index contributed by atoms with van der Waals surface area (Å²) in [5.74, 6) is -3.34. The van der Waals surface area contributed by atoms with Crippen molar-refractivity contribution >= 4 is 23.9 Å². The first-order valence-corrected chi connectivity index (χ1v) is 13.5. The van der Waals surface area contributed by atoms with E-state index in [0.717, 1.165) is 90.6 Å². The van der Waals surface area contributed by atoms with Crippen molar-refractivity contribution in [3.8, 4) is 0 Å². The van der Waals surface area contributed by atoms with Crippen molar-refractivity contribution in [2.24, 2.45) is 0 Å². The van der Waals surface area contributed by atoms with E-state index in [0.29, 0.717) is 25.7 Å². The smallest absolute Gasteiger partial charge is 0.550 e. The van der Waals surface area contributed by atoms with Gasteiger partial charge in [-0.1, -0.05) is 25.7 Å². The van der Waals surface area contributed by atoms with Crippen molar-refractivity contribution in [1.29, 1.82) is 0 Å². The van der Waals surface area contributed by atoms with E-state index >= 15 is 0 Å². The average molecular weight is 595 g/mol. The molecule has 0 aromatic carbocycles. The number of aliphatic carboxylic acids is 4. The first-order valence-electron chi connectivity index (χ1n) is 13.5. The van der Waals surface area contributed by atoms with E-state index in [2.05, 4.69) is 9.80 Å². The molecule has 0 aliphatic carbocycles. The molecule has 0 rings (SSSR count). The van der Waals surface area contributed by atoms with Crippen molar-refractivity contribution < 1.29 is 86.2 Å². The zero-order valence-corrected chi connectivity index (χ0v) is 26.3. The largest absolute Gasteiger partial charge is 1.00 e. The SMILES string of the molecule is O=C([O-])CCCCCN(CCCCCC(=O)O)CCN(CCCCCC(=O)O)CCCCCC(=O)O.[Fe].[Na+]. The molecule has 0 fully saturated rings. The normalized spacial score (nSPS) is 10.7. The first-order chi connectivity index (χ1) is 17.2. The molecule has 0 aliphatic heterocycles. The summed E-state index contributed by atoms with van der Waals surface area (Å²) in [7, 11) is 0. The molecule has 0 heterocycles. The number of carbonyl (C=O) groups excluding carboxylic acids is 1. The number of rotatable bonds is 27. The van der Waals surface area contributed by atoms with Crippen molar-refractivity contribution in [2.75, 3.05) is 39.3 Å². The molecule has 0 spiro atoms. The third-order valence-electron chi connectivity index (χ3n) is 6.18.